The summed E-state index contributed by atoms with van der Waals surface area (Å²) in [6.07, 6.45) is 4.67. The Morgan fingerprint density at radius 1 is 1.50 bits per heavy atom. The molecule has 0 amide bonds. The lowest BCUT2D eigenvalue weighted by molar-refractivity contribution is 0.541. The molecule has 0 fully saturated rings. The van der Waals surface area contributed by atoms with Crippen molar-refractivity contribution in [3.63, 3.8) is 0 Å². The number of unbranched alkanes of at least 4 members (excludes halogenated alkanes) is 1. The molecule has 0 aliphatic heterocycles. The molecule has 0 saturated carbocycles. The molecular formula is C14H18BrN3OS. The highest BCUT2D eigenvalue weighted by Crippen LogP contribution is 2.16. The highest BCUT2D eigenvalue weighted by Gasteiger charge is 2.08. The van der Waals surface area contributed by atoms with Gasteiger partial charge >= 0.3 is 0 Å². The molecule has 2 rings (SSSR count). The fourth-order valence-corrected chi connectivity index (χ4v) is 2.98. The second-order valence-corrected chi connectivity index (χ2v) is 6.14. The van der Waals surface area contributed by atoms with Crippen LogP contribution in [0.15, 0.2) is 32.3 Å². The van der Waals surface area contributed by atoms with Crippen molar-refractivity contribution in [1.29, 1.82) is 0 Å². The maximum Gasteiger partial charge on any atom is 0.283 e. The minimum Gasteiger partial charge on any atom is -0.382 e. The molecule has 0 aliphatic carbocycles. The first kappa shape index (κ1) is 15.3. The Kier molecular flexibility index (Phi) is 5.79. The molecule has 0 radical (unpaired) electrons. The molecule has 108 valence electrons. The first-order chi connectivity index (χ1) is 9.72. The van der Waals surface area contributed by atoms with Crippen LogP contribution in [0.2, 0.25) is 0 Å². The Morgan fingerprint density at radius 3 is 3.05 bits per heavy atom. The lowest BCUT2D eigenvalue weighted by Crippen LogP contribution is -2.24. The van der Waals surface area contributed by atoms with Gasteiger partial charge in [-0.25, -0.2) is 4.68 Å². The number of hydrogen-bond donors (Lipinski definition) is 1. The van der Waals surface area contributed by atoms with Crippen LogP contribution >= 0.6 is 27.3 Å². The summed E-state index contributed by atoms with van der Waals surface area (Å²) in [5, 5.41) is 11.7. The third-order valence-corrected chi connectivity index (χ3v) is 4.52. The average Bonchev–Trinajstić information content (AvgIpc) is 2.96. The Bertz CT molecular complexity index is 595. The normalized spacial score (nSPS) is 10.7. The fourth-order valence-electron chi connectivity index (χ4n) is 1.83. The van der Waals surface area contributed by atoms with Crippen LogP contribution in [-0.4, -0.2) is 16.3 Å². The first-order valence-corrected chi connectivity index (χ1v) is 8.46. The van der Waals surface area contributed by atoms with Crippen LogP contribution in [0.4, 0.5) is 5.69 Å². The lowest BCUT2D eigenvalue weighted by atomic mass is 10.2. The van der Waals surface area contributed by atoms with Gasteiger partial charge in [-0.1, -0.05) is 13.3 Å². The SMILES string of the molecule is CCCCn1ncc(NCCc2ccsc2)c(Br)c1=O. The number of anilines is 1. The van der Waals surface area contributed by atoms with E-state index in [9.17, 15) is 4.79 Å². The van der Waals surface area contributed by atoms with Crippen LogP contribution in [0, 0.1) is 0 Å². The van der Waals surface area contributed by atoms with E-state index in [-0.39, 0.29) is 5.56 Å². The van der Waals surface area contributed by atoms with Crippen LogP contribution < -0.4 is 10.9 Å². The van der Waals surface area contributed by atoms with Crippen LogP contribution in [0.1, 0.15) is 25.3 Å². The van der Waals surface area contributed by atoms with Crippen molar-refractivity contribution in [2.24, 2.45) is 0 Å². The molecule has 1 N–H and O–H groups in total. The van der Waals surface area contributed by atoms with Crippen molar-refractivity contribution in [2.75, 3.05) is 11.9 Å². The predicted molar refractivity (Wildman–Crippen MR) is 87.6 cm³/mol. The summed E-state index contributed by atoms with van der Waals surface area (Å²) in [5.74, 6) is 0. The minimum atomic E-state index is -0.0704. The molecule has 2 aromatic rings. The zero-order valence-electron chi connectivity index (χ0n) is 11.4. The van der Waals surface area contributed by atoms with E-state index in [1.165, 1.54) is 10.2 Å². The van der Waals surface area contributed by atoms with E-state index in [0.717, 1.165) is 31.5 Å². The van der Waals surface area contributed by atoms with Crippen molar-refractivity contribution in [1.82, 2.24) is 9.78 Å². The number of rotatable bonds is 7. The van der Waals surface area contributed by atoms with E-state index in [4.69, 9.17) is 0 Å². The number of halogens is 1. The summed E-state index contributed by atoms with van der Waals surface area (Å²) in [5.41, 5.74) is 2.00. The molecule has 0 saturated heterocycles. The Hall–Kier alpha value is -1.14. The Balaban J connectivity index is 1.98. The maximum absolute atomic E-state index is 12.1. The fraction of sp³-hybridized carbons (Fsp3) is 0.429. The van der Waals surface area contributed by atoms with Crippen molar-refractivity contribution in [3.8, 4) is 0 Å². The van der Waals surface area contributed by atoms with Gasteiger partial charge in [-0.2, -0.15) is 16.4 Å². The minimum absolute atomic E-state index is 0.0704. The molecule has 0 bridgehead atoms. The zero-order chi connectivity index (χ0) is 14.4. The van der Waals surface area contributed by atoms with Crippen molar-refractivity contribution in [3.05, 3.63) is 43.4 Å². The van der Waals surface area contributed by atoms with E-state index >= 15 is 0 Å². The van der Waals surface area contributed by atoms with Gasteiger partial charge < -0.3 is 5.32 Å². The Morgan fingerprint density at radius 2 is 2.35 bits per heavy atom. The summed E-state index contributed by atoms with van der Waals surface area (Å²) in [4.78, 5) is 12.1. The molecule has 0 aliphatic rings. The van der Waals surface area contributed by atoms with Crippen molar-refractivity contribution >= 4 is 33.0 Å². The van der Waals surface area contributed by atoms with Gasteiger partial charge in [-0.05, 0) is 51.2 Å². The van der Waals surface area contributed by atoms with E-state index in [1.54, 1.807) is 17.5 Å². The quantitative estimate of drug-likeness (QED) is 0.826. The van der Waals surface area contributed by atoms with E-state index in [0.29, 0.717) is 11.0 Å². The molecule has 0 atom stereocenters. The van der Waals surface area contributed by atoms with Gasteiger partial charge in [0.05, 0.1) is 11.9 Å². The molecule has 20 heavy (non-hydrogen) atoms. The maximum atomic E-state index is 12.1. The topological polar surface area (TPSA) is 46.9 Å². The number of nitrogens with one attached hydrogen (secondary N) is 1. The smallest absolute Gasteiger partial charge is 0.283 e. The number of aromatic nitrogens is 2. The van der Waals surface area contributed by atoms with Crippen molar-refractivity contribution in [2.45, 2.75) is 32.7 Å². The van der Waals surface area contributed by atoms with Crippen LogP contribution in [0.3, 0.4) is 0 Å². The molecule has 4 nitrogen and oxygen atoms in total. The van der Waals surface area contributed by atoms with Gasteiger partial charge in [-0.3, -0.25) is 4.79 Å². The monoisotopic (exact) mass is 355 g/mol. The summed E-state index contributed by atoms with van der Waals surface area (Å²) < 4.78 is 2.08. The highest BCUT2D eigenvalue weighted by molar-refractivity contribution is 9.10. The largest absolute Gasteiger partial charge is 0.382 e. The third kappa shape index (κ3) is 3.93. The predicted octanol–water partition coefficient (Wildman–Crippen LogP) is 3.52. The number of thiophene rings is 1. The summed E-state index contributed by atoms with van der Waals surface area (Å²) >= 11 is 5.07. The molecule has 2 heterocycles. The second kappa shape index (κ2) is 7.59. The number of nitrogens with zero attached hydrogens (tertiary/aromatic N) is 2. The van der Waals surface area contributed by atoms with Crippen LogP contribution in [0.5, 0.6) is 0 Å². The van der Waals surface area contributed by atoms with Gasteiger partial charge in [0.1, 0.15) is 4.47 Å². The molecule has 2 aromatic heterocycles. The number of hydrogen-bond acceptors (Lipinski definition) is 4. The standard InChI is InChI=1S/C14H18BrN3OS/c1-2-3-7-18-14(19)13(15)12(9-17-18)16-6-4-11-5-8-20-10-11/h5,8-10,16H,2-4,6-7H2,1H3. The van der Waals surface area contributed by atoms with E-state index in [1.807, 2.05) is 0 Å². The lowest BCUT2D eigenvalue weighted by Gasteiger charge is -2.10. The van der Waals surface area contributed by atoms with E-state index in [2.05, 4.69) is 50.1 Å². The second-order valence-electron chi connectivity index (χ2n) is 4.56. The van der Waals surface area contributed by atoms with Gasteiger partial charge in [0.25, 0.3) is 5.56 Å². The average molecular weight is 356 g/mol. The van der Waals surface area contributed by atoms with Crippen molar-refractivity contribution < 1.29 is 0 Å². The molecule has 6 heteroatoms. The first-order valence-electron chi connectivity index (χ1n) is 6.73. The van der Waals surface area contributed by atoms with Gasteiger partial charge in [-0.15, -0.1) is 0 Å². The molecule has 0 aromatic carbocycles. The summed E-state index contributed by atoms with van der Waals surface area (Å²) in [7, 11) is 0. The number of aryl methyl sites for hydroxylation is 1. The van der Waals surface area contributed by atoms with Gasteiger partial charge in [0.2, 0.25) is 0 Å². The molecular weight excluding hydrogens is 338 g/mol. The third-order valence-electron chi connectivity index (χ3n) is 3.02. The van der Waals surface area contributed by atoms with Gasteiger partial charge in [0.15, 0.2) is 0 Å². The van der Waals surface area contributed by atoms with Gasteiger partial charge in [0, 0.05) is 13.1 Å². The van der Waals surface area contributed by atoms with Crippen LogP contribution in [-0.2, 0) is 13.0 Å². The van der Waals surface area contributed by atoms with Crippen LogP contribution in [0.25, 0.3) is 0 Å². The zero-order valence-corrected chi connectivity index (χ0v) is 13.8. The molecule has 0 unspecified atom stereocenters. The summed E-state index contributed by atoms with van der Waals surface area (Å²) in [6, 6.07) is 2.11. The molecule has 0 spiro atoms. The highest BCUT2D eigenvalue weighted by atomic mass is 79.9. The summed E-state index contributed by atoms with van der Waals surface area (Å²) in [6.45, 7) is 3.55. The van der Waals surface area contributed by atoms with E-state index < -0.39 is 0 Å². The Labute approximate surface area is 131 Å².